The molecule has 0 spiro atoms. The number of imidazole rings is 1. The predicted molar refractivity (Wildman–Crippen MR) is 72.8 cm³/mol. The molecule has 2 aromatic rings. The number of H-pyrrole nitrogens is 1. The summed E-state index contributed by atoms with van der Waals surface area (Å²) in [6.07, 6.45) is 4.12. The number of nitrogens with one attached hydrogen (secondary N) is 2. The van der Waals surface area contributed by atoms with Crippen LogP contribution >= 0.6 is 15.9 Å². The minimum Gasteiger partial charge on any atom is -0.349 e. The lowest BCUT2D eigenvalue weighted by molar-refractivity contribution is 0.502. The Kier molecular flexibility index (Phi) is 4.49. The molecule has 0 aliphatic heterocycles. The highest BCUT2D eigenvalue weighted by Crippen LogP contribution is 2.23. The molecule has 1 aromatic carbocycles. The number of hydrogen-bond donors (Lipinski definition) is 2. The van der Waals surface area contributed by atoms with Crippen LogP contribution in [-0.4, -0.2) is 16.5 Å². The molecule has 1 aromatic heterocycles. The van der Waals surface area contributed by atoms with Crippen molar-refractivity contribution in [1.82, 2.24) is 15.3 Å². The minimum atomic E-state index is -0.207. The Bertz CT molecular complexity index is 499. The van der Waals surface area contributed by atoms with E-state index in [1.165, 1.54) is 6.07 Å². The van der Waals surface area contributed by atoms with Crippen molar-refractivity contribution in [1.29, 1.82) is 0 Å². The van der Waals surface area contributed by atoms with Gasteiger partial charge in [-0.1, -0.05) is 28.9 Å². The van der Waals surface area contributed by atoms with Crippen molar-refractivity contribution in [3.63, 3.8) is 0 Å². The van der Waals surface area contributed by atoms with Crippen LogP contribution in [0.2, 0.25) is 0 Å². The van der Waals surface area contributed by atoms with Gasteiger partial charge in [-0.2, -0.15) is 0 Å². The second-order valence-electron chi connectivity index (χ2n) is 4.02. The molecule has 0 radical (unpaired) electrons. The first kappa shape index (κ1) is 13.2. The number of nitrogens with zero attached hydrogens (tertiary/aromatic N) is 1. The molecule has 2 rings (SSSR count). The zero-order valence-electron chi connectivity index (χ0n) is 10.1. The van der Waals surface area contributed by atoms with Crippen molar-refractivity contribution in [2.45, 2.75) is 19.4 Å². The van der Waals surface area contributed by atoms with Crippen molar-refractivity contribution in [3.05, 3.63) is 52.3 Å². The van der Waals surface area contributed by atoms with Gasteiger partial charge < -0.3 is 10.3 Å². The van der Waals surface area contributed by atoms with Crippen molar-refractivity contribution in [2.75, 3.05) is 6.54 Å². The van der Waals surface area contributed by atoms with Crippen LogP contribution in [0.15, 0.2) is 35.1 Å². The van der Waals surface area contributed by atoms with Crippen molar-refractivity contribution in [3.8, 4) is 0 Å². The molecule has 0 aliphatic carbocycles. The van der Waals surface area contributed by atoms with E-state index in [9.17, 15) is 4.39 Å². The summed E-state index contributed by atoms with van der Waals surface area (Å²) >= 11 is 3.27. The molecule has 5 heteroatoms. The van der Waals surface area contributed by atoms with Gasteiger partial charge in [-0.15, -0.1) is 0 Å². The normalized spacial score (nSPS) is 12.6. The van der Waals surface area contributed by atoms with Crippen LogP contribution in [0.25, 0.3) is 0 Å². The van der Waals surface area contributed by atoms with Gasteiger partial charge in [-0.3, -0.25) is 0 Å². The number of aromatic nitrogens is 2. The third-order valence-electron chi connectivity index (χ3n) is 2.74. The van der Waals surface area contributed by atoms with E-state index in [-0.39, 0.29) is 11.9 Å². The number of rotatable bonds is 5. The van der Waals surface area contributed by atoms with E-state index in [4.69, 9.17) is 0 Å². The SMILES string of the molecule is CCNC(Cc1ncc[nH]1)c1ccc(Br)cc1F. The molecule has 0 fully saturated rings. The third kappa shape index (κ3) is 3.17. The molecule has 3 nitrogen and oxygen atoms in total. The maximum atomic E-state index is 14.0. The van der Waals surface area contributed by atoms with E-state index in [0.29, 0.717) is 12.0 Å². The summed E-state index contributed by atoms with van der Waals surface area (Å²) < 4.78 is 14.7. The van der Waals surface area contributed by atoms with E-state index in [1.807, 2.05) is 13.0 Å². The highest BCUT2D eigenvalue weighted by molar-refractivity contribution is 9.10. The zero-order valence-corrected chi connectivity index (χ0v) is 11.7. The quantitative estimate of drug-likeness (QED) is 0.890. The second kappa shape index (κ2) is 6.11. The lowest BCUT2D eigenvalue weighted by atomic mass is 10.0. The number of halogens is 2. The van der Waals surface area contributed by atoms with Crippen LogP contribution < -0.4 is 5.32 Å². The molecule has 1 atom stereocenters. The molecule has 0 amide bonds. The summed E-state index contributed by atoms with van der Waals surface area (Å²) in [5, 5.41) is 3.28. The van der Waals surface area contributed by atoms with Crippen LogP contribution in [0.1, 0.15) is 24.4 Å². The van der Waals surface area contributed by atoms with Crippen molar-refractivity contribution >= 4 is 15.9 Å². The Hall–Kier alpha value is -1.20. The first-order valence-corrected chi connectivity index (χ1v) is 6.66. The lowest BCUT2D eigenvalue weighted by Gasteiger charge is -2.18. The molecule has 0 aliphatic rings. The molecular formula is C13H15BrFN3. The Morgan fingerprint density at radius 1 is 1.50 bits per heavy atom. The Labute approximate surface area is 114 Å². The molecule has 96 valence electrons. The average molecular weight is 312 g/mol. The maximum absolute atomic E-state index is 14.0. The Morgan fingerprint density at radius 3 is 2.94 bits per heavy atom. The molecule has 1 unspecified atom stereocenters. The van der Waals surface area contributed by atoms with Gasteiger partial charge in [0.1, 0.15) is 11.6 Å². The van der Waals surface area contributed by atoms with E-state index < -0.39 is 0 Å². The van der Waals surface area contributed by atoms with E-state index in [1.54, 1.807) is 18.5 Å². The number of likely N-dealkylation sites (N-methyl/N-ethyl adjacent to an activating group) is 1. The number of aromatic amines is 1. The first-order chi connectivity index (χ1) is 8.70. The second-order valence-corrected chi connectivity index (χ2v) is 4.93. The van der Waals surface area contributed by atoms with Gasteiger partial charge in [-0.25, -0.2) is 9.37 Å². The summed E-state index contributed by atoms with van der Waals surface area (Å²) in [5.41, 5.74) is 0.663. The third-order valence-corrected chi connectivity index (χ3v) is 3.23. The molecule has 0 bridgehead atoms. The standard InChI is InChI=1S/C13H15BrFN3/c1-2-16-12(8-13-17-5-6-18-13)10-4-3-9(14)7-11(10)15/h3-7,12,16H,2,8H2,1H3,(H,17,18). The predicted octanol–water partition coefficient (Wildman–Crippen LogP) is 3.20. The van der Waals surface area contributed by atoms with E-state index >= 15 is 0 Å². The first-order valence-electron chi connectivity index (χ1n) is 5.87. The number of hydrogen-bond acceptors (Lipinski definition) is 2. The Morgan fingerprint density at radius 2 is 2.33 bits per heavy atom. The van der Waals surface area contributed by atoms with Crippen LogP contribution in [0.5, 0.6) is 0 Å². The van der Waals surface area contributed by atoms with Gasteiger partial charge in [0.2, 0.25) is 0 Å². The van der Waals surface area contributed by atoms with Gasteiger partial charge in [-0.05, 0) is 18.7 Å². The maximum Gasteiger partial charge on any atom is 0.129 e. The number of benzene rings is 1. The topological polar surface area (TPSA) is 40.7 Å². The largest absolute Gasteiger partial charge is 0.349 e. The van der Waals surface area contributed by atoms with Crippen LogP contribution in [-0.2, 0) is 6.42 Å². The van der Waals surface area contributed by atoms with Gasteiger partial charge in [0.25, 0.3) is 0 Å². The molecular weight excluding hydrogens is 297 g/mol. The van der Waals surface area contributed by atoms with Gasteiger partial charge in [0.15, 0.2) is 0 Å². The minimum absolute atomic E-state index is 0.0748. The molecule has 0 saturated heterocycles. The van der Waals surface area contributed by atoms with Crippen LogP contribution in [0, 0.1) is 5.82 Å². The van der Waals surface area contributed by atoms with Crippen LogP contribution in [0.4, 0.5) is 4.39 Å². The fourth-order valence-electron chi connectivity index (χ4n) is 1.93. The fraction of sp³-hybridized carbons (Fsp3) is 0.308. The monoisotopic (exact) mass is 311 g/mol. The summed E-state index contributed by atoms with van der Waals surface area (Å²) in [4.78, 5) is 7.23. The summed E-state index contributed by atoms with van der Waals surface area (Å²) in [6, 6.07) is 5.07. The average Bonchev–Trinajstić information content (AvgIpc) is 2.81. The highest BCUT2D eigenvalue weighted by Gasteiger charge is 2.16. The lowest BCUT2D eigenvalue weighted by Crippen LogP contribution is -2.24. The smallest absolute Gasteiger partial charge is 0.129 e. The van der Waals surface area contributed by atoms with Crippen LogP contribution in [0.3, 0.4) is 0 Å². The molecule has 0 saturated carbocycles. The van der Waals surface area contributed by atoms with Gasteiger partial charge in [0.05, 0.1) is 0 Å². The highest BCUT2D eigenvalue weighted by atomic mass is 79.9. The van der Waals surface area contributed by atoms with E-state index in [2.05, 4.69) is 31.2 Å². The van der Waals surface area contributed by atoms with Crippen molar-refractivity contribution < 1.29 is 4.39 Å². The zero-order chi connectivity index (χ0) is 13.0. The fourth-order valence-corrected chi connectivity index (χ4v) is 2.26. The summed E-state index contributed by atoms with van der Waals surface area (Å²) in [5.74, 6) is 0.644. The van der Waals surface area contributed by atoms with Gasteiger partial charge >= 0.3 is 0 Å². The summed E-state index contributed by atoms with van der Waals surface area (Å²) in [6.45, 7) is 2.78. The van der Waals surface area contributed by atoms with Gasteiger partial charge in [0, 0.05) is 34.9 Å². The molecule has 2 N–H and O–H groups in total. The molecule has 18 heavy (non-hydrogen) atoms. The van der Waals surface area contributed by atoms with E-state index in [0.717, 1.165) is 16.8 Å². The summed E-state index contributed by atoms with van der Waals surface area (Å²) in [7, 11) is 0. The molecule has 1 heterocycles. The van der Waals surface area contributed by atoms with Crippen molar-refractivity contribution in [2.24, 2.45) is 0 Å². The Balaban J connectivity index is 2.23.